The number of benzene rings is 1. The number of aryl methyl sites for hydroxylation is 1. The van der Waals surface area contributed by atoms with Crippen molar-refractivity contribution >= 4 is 5.91 Å². The highest BCUT2D eigenvalue weighted by Gasteiger charge is 2.18. The van der Waals surface area contributed by atoms with E-state index in [1.165, 1.54) is 0 Å². The van der Waals surface area contributed by atoms with Gasteiger partial charge in [-0.3, -0.25) is 9.48 Å². The second-order valence-electron chi connectivity index (χ2n) is 6.18. The van der Waals surface area contributed by atoms with Crippen molar-refractivity contribution in [2.24, 2.45) is 7.05 Å². The van der Waals surface area contributed by atoms with Crippen LogP contribution in [0.2, 0.25) is 0 Å². The van der Waals surface area contributed by atoms with Crippen molar-refractivity contribution in [1.82, 2.24) is 14.7 Å². The van der Waals surface area contributed by atoms with Crippen LogP contribution in [0.1, 0.15) is 22.0 Å². The zero-order chi connectivity index (χ0) is 18.8. The fourth-order valence-corrected chi connectivity index (χ4v) is 2.75. The van der Waals surface area contributed by atoms with Crippen LogP contribution in [0.3, 0.4) is 0 Å². The van der Waals surface area contributed by atoms with Crippen LogP contribution in [-0.4, -0.2) is 34.4 Å². The molecule has 0 atom stereocenters. The Balaban J connectivity index is 1.36. The molecule has 1 aliphatic heterocycles. The van der Waals surface area contributed by atoms with Gasteiger partial charge in [-0.15, -0.1) is 0 Å². The first-order chi connectivity index (χ1) is 13.1. The normalized spacial score (nSPS) is 12.2. The quantitative estimate of drug-likeness (QED) is 0.665. The van der Waals surface area contributed by atoms with Crippen molar-refractivity contribution in [2.45, 2.75) is 13.2 Å². The van der Waals surface area contributed by atoms with Crippen LogP contribution in [0.5, 0.6) is 17.2 Å². The molecule has 0 fully saturated rings. The number of hydrogen-bond donors (Lipinski definition) is 0. The van der Waals surface area contributed by atoms with Gasteiger partial charge in [-0.1, -0.05) is 0 Å². The second-order valence-corrected chi connectivity index (χ2v) is 6.18. The molecule has 0 radical (unpaired) electrons. The van der Waals surface area contributed by atoms with Crippen LogP contribution in [-0.2, 0) is 20.2 Å². The first kappa shape index (κ1) is 17.0. The van der Waals surface area contributed by atoms with Crippen LogP contribution < -0.4 is 14.2 Å². The van der Waals surface area contributed by atoms with Gasteiger partial charge >= 0.3 is 0 Å². The predicted octanol–water partition coefficient (Wildman–Crippen LogP) is 2.59. The molecule has 3 heterocycles. The molecule has 1 amide bonds. The maximum absolute atomic E-state index is 12.5. The minimum Gasteiger partial charge on any atom is -0.486 e. The Morgan fingerprint density at radius 2 is 2.07 bits per heavy atom. The van der Waals surface area contributed by atoms with E-state index in [2.05, 4.69) is 5.10 Å². The summed E-state index contributed by atoms with van der Waals surface area (Å²) in [5.41, 5.74) is 0.934. The molecule has 8 nitrogen and oxygen atoms in total. The Labute approximate surface area is 155 Å². The Morgan fingerprint density at radius 1 is 1.22 bits per heavy atom. The highest BCUT2D eigenvalue weighted by atomic mass is 16.7. The summed E-state index contributed by atoms with van der Waals surface area (Å²) in [5, 5.41) is 4.10. The molecular weight excluding hydrogens is 350 g/mol. The first-order valence-electron chi connectivity index (χ1n) is 8.43. The Bertz CT molecular complexity index is 962. The average molecular weight is 369 g/mol. The molecular formula is C19H19N3O5. The van der Waals surface area contributed by atoms with E-state index in [0.29, 0.717) is 29.6 Å². The van der Waals surface area contributed by atoms with E-state index in [1.807, 2.05) is 13.1 Å². The van der Waals surface area contributed by atoms with Gasteiger partial charge in [0.1, 0.15) is 18.1 Å². The molecule has 8 heteroatoms. The molecule has 0 aliphatic carbocycles. The average Bonchev–Trinajstić information content (AvgIpc) is 3.40. The molecule has 0 bridgehead atoms. The Kier molecular flexibility index (Phi) is 4.45. The molecule has 27 heavy (non-hydrogen) atoms. The Hall–Kier alpha value is -3.42. The molecule has 3 aromatic rings. The lowest BCUT2D eigenvalue weighted by Crippen LogP contribution is -2.26. The van der Waals surface area contributed by atoms with Gasteiger partial charge in [0.05, 0.1) is 12.2 Å². The van der Waals surface area contributed by atoms with Crippen molar-refractivity contribution < 1.29 is 23.4 Å². The molecule has 0 saturated heterocycles. The number of nitrogens with zero attached hydrogens (tertiary/aromatic N) is 3. The molecule has 140 valence electrons. The smallest absolute Gasteiger partial charge is 0.289 e. The van der Waals surface area contributed by atoms with Gasteiger partial charge in [-0.2, -0.15) is 5.10 Å². The van der Waals surface area contributed by atoms with Gasteiger partial charge in [0.25, 0.3) is 5.91 Å². The van der Waals surface area contributed by atoms with Crippen molar-refractivity contribution in [3.8, 4) is 17.2 Å². The molecule has 4 rings (SSSR count). The largest absolute Gasteiger partial charge is 0.486 e. The number of hydrogen-bond acceptors (Lipinski definition) is 6. The number of amides is 1. The van der Waals surface area contributed by atoms with Crippen LogP contribution in [0.25, 0.3) is 0 Å². The molecule has 1 aliphatic rings. The number of ether oxygens (including phenoxy) is 3. The van der Waals surface area contributed by atoms with Gasteiger partial charge < -0.3 is 23.5 Å². The molecule has 2 aromatic heterocycles. The number of fused-ring (bicyclic) bond motifs is 1. The minimum absolute atomic E-state index is 0.203. The third kappa shape index (κ3) is 3.59. The summed E-state index contributed by atoms with van der Waals surface area (Å²) in [6.45, 7) is 0.867. The zero-order valence-corrected chi connectivity index (χ0v) is 15.0. The highest BCUT2D eigenvalue weighted by Crippen LogP contribution is 2.35. The third-order valence-corrected chi connectivity index (χ3v) is 4.27. The van der Waals surface area contributed by atoms with E-state index in [4.69, 9.17) is 18.6 Å². The van der Waals surface area contributed by atoms with E-state index >= 15 is 0 Å². The fraction of sp³-hybridized carbons (Fsp3) is 0.263. The van der Waals surface area contributed by atoms with Gasteiger partial charge in [-0.25, -0.2) is 0 Å². The van der Waals surface area contributed by atoms with Crippen molar-refractivity contribution in [3.63, 3.8) is 0 Å². The maximum Gasteiger partial charge on any atom is 0.289 e. The SMILES string of the molecule is CN(Cc1ccnn1C)C(=O)c1ccc(COc2ccc3c(c2)OCO3)o1. The lowest BCUT2D eigenvalue weighted by atomic mass is 10.3. The van der Waals surface area contributed by atoms with Crippen molar-refractivity contribution in [1.29, 1.82) is 0 Å². The lowest BCUT2D eigenvalue weighted by Gasteiger charge is -2.15. The zero-order valence-electron chi connectivity index (χ0n) is 15.0. The third-order valence-electron chi connectivity index (χ3n) is 4.27. The summed E-state index contributed by atoms with van der Waals surface area (Å²) in [5.74, 6) is 2.61. The summed E-state index contributed by atoms with van der Waals surface area (Å²) in [4.78, 5) is 14.1. The summed E-state index contributed by atoms with van der Waals surface area (Å²) in [6.07, 6.45) is 1.70. The van der Waals surface area contributed by atoms with E-state index in [-0.39, 0.29) is 25.1 Å². The van der Waals surface area contributed by atoms with Crippen LogP contribution in [0.4, 0.5) is 0 Å². The number of carbonyl (C=O) groups is 1. The Morgan fingerprint density at radius 3 is 2.89 bits per heavy atom. The van der Waals surface area contributed by atoms with Crippen LogP contribution in [0.15, 0.2) is 47.0 Å². The fourth-order valence-electron chi connectivity index (χ4n) is 2.75. The minimum atomic E-state index is -0.203. The van der Waals surface area contributed by atoms with Gasteiger partial charge in [-0.05, 0) is 30.3 Å². The van der Waals surface area contributed by atoms with Crippen molar-refractivity contribution in [2.75, 3.05) is 13.8 Å². The summed E-state index contributed by atoms with van der Waals surface area (Å²) < 4.78 is 23.7. The molecule has 0 saturated carbocycles. The van der Waals surface area contributed by atoms with Gasteiger partial charge in [0, 0.05) is 26.4 Å². The van der Waals surface area contributed by atoms with E-state index < -0.39 is 0 Å². The molecule has 0 spiro atoms. The van der Waals surface area contributed by atoms with Gasteiger partial charge in [0.2, 0.25) is 6.79 Å². The predicted molar refractivity (Wildman–Crippen MR) is 94.6 cm³/mol. The molecule has 0 unspecified atom stereocenters. The first-order valence-corrected chi connectivity index (χ1v) is 8.43. The maximum atomic E-state index is 12.5. The molecule has 0 N–H and O–H groups in total. The lowest BCUT2D eigenvalue weighted by molar-refractivity contribution is 0.0746. The van der Waals surface area contributed by atoms with E-state index in [1.54, 1.807) is 53.2 Å². The number of carbonyl (C=O) groups excluding carboxylic acids is 1. The van der Waals surface area contributed by atoms with E-state index in [0.717, 1.165) is 5.69 Å². The number of furan rings is 1. The second kappa shape index (κ2) is 7.06. The van der Waals surface area contributed by atoms with Crippen molar-refractivity contribution in [3.05, 3.63) is 59.8 Å². The highest BCUT2D eigenvalue weighted by molar-refractivity contribution is 5.91. The monoisotopic (exact) mass is 369 g/mol. The van der Waals surface area contributed by atoms with Crippen LogP contribution >= 0.6 is 0 Å². The molecule has 1 aromatic carbocycles. The summed E-state index contributed by atoms with van der Waals surface area (Å²) >= 11 is 0. The summed E-state index contributed by atoms with van der Waals surface area (Å²) in [7, 11) is 3.56. The van der Waals surface area contributed by atoms with E-state index in [9.17, 15) is 4.79 Å². The standard InChI is InChI=1S/C19H19N3O5/c1-21(10-13-7-8-20-22(13)2)19(23)17-6-4-15(27-17)11-24-14-3-5-16-18(9-14)26-12-25-16/h3-9H,10-12H2,1-2H3. The number of aromatic nitrogens is 2. The topological polar surface area (TPSA) is 79.0 Å². The van der Waals surface area contributed by atoms with Crippen LogP contribution in [0, 0.1) is 0 Å². The summed E-state index contributed by atoms with van der Waals surface area (Å²) in [6, 6.07) is 10.6. The number of rotatable bonds is 6. The van der Waals surface area contributed by atoms with Gasteiger partial charge in [0.15, 0.2) is 17.3 Å².